The van der Waals surface area contributed by atoms with E-state index in [2.05, 4.69) is 72.5 Å². The van der Waals surface area contributed by atoms with Gasteiger partial charge in [-0.15, -0.1) is 0 Å². The van der Waals surface area contributed by atoms with Gasteiger partial charge in [-0.3, -0.25) is 9.88 Å². The Morgan fingerprint density at radius 1 is 0.903 bits per heavy atom. The van der Waals surface area contributed by atoms with Gasteiger partial charge in [0.25, 0.3) is 0 Å². The van der Waals surface area contributed by atoms with Crippen molar-refractivity contribution < 1.29 is 0 Å². The minimum absolute atomic E-state index is 0.704. The zero-order chi connectivity index (χ0) is 21.5. The number of anilines is 1. The molecule has 0 aliphatic heterocycles. The van der Waals surface area contributed by atoms with Crippen LogP contribution in [0.2, 0.25) is 5.02 Å². The van der Waals surface area contributed by atoms with E-state index in [1.807, 2.05) is 42.7 Å². The lowest BCUT2D eigenvalue weighted by molar-refractivity contribution is 0.255. The molecule has 2 aromatic heterocycles. The van der Waals surface area contributed by atoms with Gasteiger partial charge >= 0.3 is 0 Å². The Morgan fingerprint density at radius 2 is 1.77 bits per heavy atom. The molecule has 0 bridgehead atoms. The van der Waals surface area contributed by atoms with Crippen molar-refractivity contribution in [2.24, 2.45) is 0 Å². The maximum atomic E-state index is 6.10. The van der Waals surface area contributed by atoms with E-state index in [4.69, 9.17) is 11.6 Å². The highest BCUT2D eigenvalue weighted by Crippen LogP contribution is 2.24. The van der Waals surface area contributed by atoms with Gasteiger partial charge in [0.05, 0.1) is 5.52 Å². The molecule has 4 aromatic rings. The van der Waals surface area contributed by atoms with E-state index < -0.39 is 0 Å². The molecule has 6 heteroatoms. The van der Waals surface area contributed by atoms with Gasteiger partial charge in [0.2, 0.25) is 0 Å². The topological polar surface area (TPSA) is 41.0 Å². The maximum Gasteiger partial charge on any atom is 0.110 e. The third-order valence-corrected chi connectivity index (χ3v) is 6.10. The third-order valence-electron chi connectivity index (χ3n) is 5.15. The second kappa shape index (κ2) is 10.7. The van der Waals surface area contributed by atoms with Crippen molar-refractivity contribution >= 4 is 44.1 Å². The zero-order valence-electron chi connectivity index (χ0n) is 17.1. The van der Waals surface area contributed by atoms with Crippen LogP contribution < -0.4 is 5.32 Å². The molecule has 1 N–H and O–H groups in total. The second-order valence-corrected chi connectivity index (χ2v) is 8.64. The summed E-state index contributed by atoms with van der Waals surface area (Å²) < 4.78 is 0.910. The van der Waals surface area contributed by atoms with Crippen LogP contribution in [-0.4, -0.2) is 28.0 Å². The van der Waals surface area contributed by atoms with Crippen LogP contribution in [0.15, 0.2) is 83.7 Å². The molecule has 0 saturated carbocycles. The van der Waals surface area contributed by atoms with Crippen LogP contribution in [-0.2, 0) is 13.1 Å². The van der Waals surface area contributed by atoms with Gasteiger partial charge in [0.15, 0.2) is 0 Å². The average molecular weight is 496 g/mol. The molecule has 0 spiro atoms. The highest BCUT2D eigenvalue weighted by Gasteiger charge is 2.10. The molecule has 0 unspecified atom stereocenters. The van der Waals surface area contributed by atoms with E-state index in [-0.39, 0.29) is 0 Å². The summed E-state index contributed by atoms with van der Waals surface area (Å²) in [7, 11) is 0. The van der Waals surface area contributed by atoms with E-state index in [0.29, 0.717) is 5.02 Å². The minimum atomic E-state index is 0.704. The lowest BCUT2D eigenvalue weighted by Crippen LogP contribution is -2.25. The number of hydrogen-bond acceptors (Lipinski definition) is 4. The standard InChI is InChI=1S/C25H24BrClN4/c26-25-20(8-4-12-30-25)18-31(17-19-6-2-1-3-7-19)15-5-13-28-23-11-14-29-24-16-21(27)9-10-22(23)24/h1-4,6-12,14,16H,5,13,15,17-18H2,(H,28,29). The molecule has 158 valence electrons. The lowest BCUT2D eigenvalue weighted by atomic mass is 10.1. The molecular weight excluding hydrogens is 472 g/mol. The summed E-state index contributed by atoms with van der Waals surface area (Å²) in [6.45, 7) is 3.60. The van der Waals surface area contributed by atoms with Crippen molar-refractivity contribution in [1.82, 2.24) is 14.9 Å². The summed E-state index contributed by atoms with van der Waals surface area (Å²) in [6.07, 6.45) is 4.65. The molecule has 2 heterocycles. The van der Waals surface area contributed by atoms with Crippen molar-refractivity contribution in [1.29, 1.82) is 0 Å². The van der Waals surface area contributed by atoms with Gasteiger partial charge in [0.1, 0.15) is 4.60 Å². The number of fused-ring (bicyclic) bond motifs is 1. The van der Waals surface area contributed by atoms with Crippen LogP contribution in [0.25, 0.3) is 10.9 Å². The largest absolute Gasteiger partial charge is 0.384 e. The second-order valence-electron chi connectivity index (χ2n) is 7.45. The van der Waals surface area contributed by atoms with Crippen molar-refractivity contribution in [3.8, 4) is 0 Å². The predicted molar refractivity (Wildman–Crippen MR) is 132 cm³/mol. The predicted octanol–water partition coefficient (Wildman–Crippen LogP) is 6.55. The summed E-state index contributed by atoms with van der Waals surface area (Å²) >= 11 is 9.69. The van der Waals surface area contributed by atoms with E-state index in [0.717, 1.165) is 53.8 Å². The van der Waals surface area contributed by atoms with Crippen LogP contribution in [0.5, 0.6) is 0 Å². The fourth-order valence-electron chi connectivity index (χ4n) is 3.63. The molecule has 31 heavy (non-hydrogen) atoms. The molecule has 4 rings (SSSR count). The number of rotatable bonds is 9. The smallest absolute Gasteiger partial charge is 0.110 e. The Labute approximate surface area is 196 Å². The van der Waals surface area contributed by atoms with Crippen molar-refractivity contribution in [2.75, 3.05) is 18.4 Å². The summed E-state index contributed by atoms with van der Waals surface area (Å²) in [5.74, 6) is 0. The Balaban J connectivity index is 1.40. The van der Waals surface area contributed by atoms with Crippen molar-refractivity contribution in [3.05, 3.63) is 99.9 Å². The number of nitrogens with one attached hydrogen (secondary N) is 1. The molecule has 2 aromatic carbocycles. The molecule has 0 saturated heterocycles. The fourth-order valence-corrected chi connectivity index (χ4v) is 4.18. The molecule has 0 aliphatic carbocycles. The monoisotopic (exact) mass is 494 g/mol. The first kappa shape index (κ1) is 21.8. The Morgan fingerprint density at radius 3 is 2.61 bits per heavy atom. The number of benzene rings is 2. The first-order valence-electron chi connectivity index (χ1n) is 10.3. The van der Waals surface area contributed by atoms with Crippen LogP contribution in [0.4, 0.5) is 5.69 Å². The van der Waals surface area contributed by atoms with Gasteiger partial charge < -0.3 is 5.32 Å². The number of aromatic nitrogens is 2. The number of nitrogens with zero attached hydrogens (tertiary/aromatic N) is 3. The number of hydrogen-bond donors (Lipinski definition) is 1. The first-order valence-corrected chi connectivity index (χ1v) is 11.5. The SMILES string of the molecule is Clc1ccc2c(NCCCN(Cc3ccccc3)Cc3cccnc3Br)ccnc2c1. The number of pyridine rings is 2. The normalized spacial score (nSPS) is 11.2. The molecule has 0 amide bonds. The van der Waals surface area contributed by atoms with Crippen LogP contribution in [0.3, 0.4) is 0 Å². The first-order chi connectivity index (χ1) is 15.2. The maximum absolute atomic E-state index is 6.10. The molecule has 0 fully saturated rings. The van der Waals surface area contributed by atoms with Crippen LogP contribution in [0.1, 0.15) is 17.5 Å². The molecular formula is C25H24BrClN4. The highest BCUT2D eigenvalue weighted by molar-refractivity contribution is 9.10. The summed E-state index contributed by atoms with van der Waals surface area (Å²) in [5.41, 5.74) is 4.51. The average Bonchev–Trinajstić information content (AvgIpc) is 2.78. The Hall–Kier alpha value is -2.47. The van der Waals surface area contributed by atoms with E-state index in [9.17, 15) is 0 Å². The van der Waals surface area contributed by atoms with Gasteiger partial charge in [0, 0.05) is 54.7 Å². The third kappa shape index (κ3) is 6.03. The summed E-state index contributed by atoms with van der Waals surface area (Å²) in [6, 6.07) is 22.6. The van der Waals surface area contributed by atoms with Gasteiger partial charge in [-0.05, 0) is 63.8 Å². The summed E-state index contributed by atoms with van der Waals surface area (Å²) in [5, 5.41) is 5.36. The van der Waals surface area contributed by atoms with Crippen molar-refractivity contribution in [3.63, 3.8) is 0 Å². The van der Waals surface area contributed by atoms with E-state index in [1.54, 1.807) is 0 Å². The molecule has 4 nitrogen and oxygen atoms in total. The van der Waals surface area contributed by atoms with E-state index >= 15 is 0 Å². The quantitative estimate of drug-likeness (QED) is 0.211. The Bertz CT molecular complexity index is 1140. The number of halogens is 2. The minimum Gasteiger partial charge on any atom is -0.384 e. The van der Waals surface area contributed by atoms with Gasteiger partial charge in [-0.25, -0.2) is 4.98 Å². The lowest BCUT2D eigenvalue weighted by Gasteiger charge is -2.23. The van der Waals surface area contributed by atoms with Crippen LogP contribution >= 0.6 is 27.5 Å². The zero-order valence-corrected chi connectivity index (χ0v) is 19.5. The highest BCUT2D eigenvalue weighted by atomic mass is 79.9. The van der Waals surface area contributed by atoms with Crippen molar-refractivity contribution in [2.45, 2.75) is 19.5 Å². The molecule has 0 aliphatic rings. The molecule has 0 atom stereocenters. The Kier molecular flexibility index (Phi) is 7.52. The fraction of sp³-hybridized carbons (Fsp3) is 0.200. The summed E-state index contributed by atoms with van der Waals surface area (Å²) in [4.78, 5) is 11.3. The van der Waals surface area contributed by atoms with Gasteiger partial charge in [-0.2, -0.15) is 0 Å². The van der Waals surface area contributed by atoms with Crippen LogP contribution in [0, 0.1) is 0 Å². The molecule has 0 radical (unpaired) electrons. The van der Waals surface area contributed by atoms with E-state index in [1.165, 1.54) is 11.1 Å². The van der Waals surface area contributed by atoms with Gasteiger partial charge in [-0.1, -0.05) is 48.0 Å².